The van der Waals surface area contributed by atoms with Crippen LogP contribution in [0.1, 0.15) is 6.92 Å². The van der Waals surface area contributed by atoms with Gasteiger partial charge in [-0.1, -0.05) is 6.58 Å². The molecule has 0 unspecified atom stereocenters. The van der Waals surface area contributed by atoms with Crippen molar-refractivity contribution in [3.63, 3.8) is 0 Å². The fourth-order valence-electron chi connectivity index (χ4n) is 1.05. The highest BCUT2D eigenvalue weighted by molar-refractivity contribution is 5.87. The molecule has 0 fully saturated rings. The average Bonchev–Trinajstić information content (AvgIpc) is 2.29. The van der Waals surface area contributed by atoms with Crippen LogP contribution in [0.25, 0.3) is 0 Å². The molecule has 0 aromatic carbocycles. The van der Waals surface area contributed by atoms with Gasteiger partial charge in [0, 0.05) is 32.9 Å². The molecule has 0 aliphatic rings. The van der Waals surface area contributed by atoms with Crippen LogP contribution in [0.4, 0.5) is 0 Å². The van der Waals surface area contributed by atoms with E-state index in [9.17, 15) is 4.79 Å². The van der Waals surface area contributed by atoms with Crippen LogP contribution in [0.3, 0.4) is 0 Å². The fourth-order valence-corrected chi connectivity index (χ4v) is 1.05. The summed E-state index contributed by atoms with van der Waals surface area (Å²) in [5.74, 6) is -0.395. The molecule has 100 valence electrons. The van der Waals surface area contributed by atoms with Crippen LogP contribution < -0.4 is 10.6 Å². The van der Waals surface area contributed by atoms with Crippen molar-refractivity contribution in [2.24, 2.45) is 0 Å². The van der Waals surface area contributed by atoms with Gasteiger partial charge in [0.1, 0.15) is 6.10 Å². The average molecular weight is 246 g/mol. The summed E-state index contributed by atoms with van der Waals surface area (Å²) in [5.41, 5.74) is 0.383. The monoisotopic (exact) mass is 246 g/mol. The Morgan fingerprint density at radius 1 is 1.18 bits per heavy atom. The lowest BCUT2D eigenvalue weighted by atomic mass is 10.3. The number of hydrogen-bond acceptors (Lipinski definition) is 6. The van der Waals surface area contributed by atoms with Gasteiger partial charge in [-0.15, -0.1) is 0 Å². The van der Waals surface area contributed by atoms with Crippen molar-refractivity contribution in [1.29, 1.82) is 0 Å². The summed E-state index contributed by atoms with van der Waals surface area (Å²) in [4.78, 5) is 11.4. The first-order valence-electron chi connectivity index (χ1n) is 5.37. The summed E-state index contributed by atoms with van der Waals surface area (Å²) in [5, 5.41) is 5.99. The van der Waals surface area contributed by atoms with Crippen LogP contribution in [0.2, 0.25) is 0 Å². The van der Waals surface area contributed by atoms with Gasteiger partial charge >= 0.3 is 5.97 Å². The van der Waals surface area contributed by atoms with Crippen molar-refractivity contribution in [2.45, 2.75) is 13.0 Å². The Balaban J connectivity index is 4.00. The molecule has 0 aromatic rings. The zero-order valence-corrected chi connectivity index (χ0v) is 10.7. The van der Waals surface area contributed by atoms with E-state index in [1.807, 2.05) is 0 Å². The van der Waals surface area contributed by atoms with Gasteiger partial charge in [0.05, 0.1) is 13.5 Å². The highest BCUT2D eigenvalue weighted by atomic mass is 16.5. The molecule has 0 atom stereocenters. The second-order valence-electron chi connectivity index (χ2n) is 3.58. The van der Waals surface area contributed by atoms with Crippen molar-refractivity contribution >= 4 is 5.97 Å². The van der Waals surface area contributed by atoms with Crippen LogP contribution in [-0.4, -0.2) is 52.8 Å². The van der Waals surface area contributed by atoms with E-state index < -0.39 is 5.97 Å². The zero-order chi connectivity index (χ0) is 13.1. The molecular formula is C11H22N2O4. The minimum absolute atomic E-state index is 0.288. The minimum Gasteiger partial charge on any atom is -0.456 e. The standard InChI is InChI=1S/C11H22N2O4/c1-9(2)11(14)17-10(5-12-7-15-3)6-13-8-16-4/h10,12-13H,1,5-8H2,2-4H3. The van der Waals surface area contributed by atoms with Crippen LogP contribution in [0.5, 0.6) is 0 Å². The highest BCUT2D eigenvalue weighted by Crippen LogP contribution is 1.97. The van der Waals surface area contributed by atoms with Gasteiger partial charge in [-0.2, -0.15) is 0 Å². The second-order valence-corrected chi connectivity index (χ2v) is 3.58. The van der Waals surface area contributed by atoms with Crippen LogP contribution in [-0.2, 0) is 19.0 Å². The van der Waals surface area contributed by atoms with Gasteiger partial charge in [-0.25, -0.2) is 4.79 Å². The van der Waals surface area contributed by atoms with Crippen LogP contribution >= 0.6 is 0 Å². The smallest absolute Gasteiger partial charge is 0.333 e. The van der Waals surface area contributed by atoms with Gasteiger partial charge in [-0.3, -0.25) is 10.6 Å². The number of rotatable bonds is 10. The molecular weight excluding hydrogens is 224 g/mol. The van der Waals surface area contributed by atoms with Crippen molar-refractivity contribution in [2.75, 3.05) is 40.8 Å². The molecule has 2 N–H and O–H groups in total. The summed E-state index contributed by atoms with van der Waals surface area (Å²) >= 11 is 0. The van der Waals surface area contributed by atoms with E-state index in [1.165, 1.54) is 0 Å². The van der Waals surface area contributed by atoms with Crippen molar-refractivity contribution in [1.82, 2.24) is 10.6 Å². The molecule has 0 rings (SSSR count). The van der Waals surface area contributed by atoms with Gasteiger partial charge in [0.25, 0.3) is 0 Å². The third kappa shape index (κ3) is 8.82. The van der Waals surface area contributed by atoms with E-state index in [2.05, 4.69) is 17.2 Å². The molecule has 0 aliphatic heterocycles. The number of carbonyl (C=O) groups is 1. The molecule has 6 heteroatoms. The first-order chi connectivity index (χ1) is 8.11. The molecule has 17 heavy (non-hydrogen) atoms. The summed E-state index contributed by atoms with van der Waals surface area (Å²) in [6, 6.07) is 0. The SMILES string of the molecule is C=C(C)C(=O)OC(CNCOC)CNCOC. The lowest BCUT2D eigenvalue weighted by Gasteiger charge is -2.18. The van der Waals surface area contributed by atoms with Crippen LogP contribution in [0, 0.1) is 0 Å². The predicted octanol–water partition coefficient (Wildman–Crippen LogP) is -0.139. The van der Waals surface area contributed by atoms with E-state index in [1.54, 1.807) is 21.1 Å². The normalized spacial score (nSPS) is 10.6. The second kappa shape index (κ2) is 10.2. The highest BCUT2D eigenvalue weighted by Gasteiger charge is 2.14. The maximum atomic E-state index is 11.4. The summed E-state index contributed by atoms with van der Waals surface area (Å²) < 4.78 is 14.9. The summed E-state index contributed by atoms with van der Waals surface area (Å²) in [7, 11) is 3.18. The first-order valence-corrected chi connectivity index (χ1v) is 5.37. The van der Waals surface area contributed by atoms with Gasteiger partial charge in [-0.05, 0) is 6.92 Å². The maximum Gasteiger partial charge on any atom is 0.333 e. The predicted molar refractivity (Wildman–Crippen MR) is 64.5 cm³/mol. The van der Waals surface area contributed by atoms with E-state index in [0.717, 1.165) is 0 Å². The molecule has 0 radical (unpaired) electrons. The molecule has 0 aliphatic carbocycles. The van der Waals surface area contributed by atoms with Gasteiger partial charge in [0.2, 0.25) is 0 Å². The molecule has 0 saturated heterocycles. The lowest BCUT2D eigenvalue weighted by molar-refractivity contribution is -0.144. The molecule has 6 nitrogen and oxygen atoms in total. The Labute approximate surface area is 102 Å². The Morgan fingerprint density at radius 2 is 1.65 bits per heavy atom. The molecule has 0 aromatic heterocycles. The van der Waals surface area contributed by atoms with Gasteiger partial charge in [0.15, 0.2) is 0 Å². The topological polar surface area (TPSA) is 68.8 Å². The third-order valence-corrected chi connectivity index (χ3v) is 1.86. The summed E-state index contributed by atoms with van der Waals surface area (Å²) in [6.07, 6.45) is -0.288. The largest absolute Gasteiger partial charge is 0.456 e. The third-order valence-electron chi connectivity index (χ3n) is 1.86. The van der Waals surface area contributed by atoms with Crippen molar-refractivity contribution in [3.8, 4) is 0 Å². The maximum absolute atomic E-state index is 11.4. The van der Waals surface area contributed by atoms with E-state index >= 15 is 0 Å². The Morgan fingerprint density at radius 3 is 2.00 bits per heavy atom. The van der Waals surface area contributed by atoms with Gasteiger partial charge < -0.3 is 14.2 Å². The summed E-state index contributed by atoms with van der Waals surface area (Å²) in [6.45, 7) is 6.98. The number of hydrogen-bond donors (Lipinski definition) is 2. The molecule has 0 bridgehead atoms. The Kier molecular flexibility index (Phi) is 9.65. The molecule has 0 amide bonds. The molecule has 0 saturated carbocycles. The zero-order valence-electron chi connectivity index (χ0n) is 10.7. The number of carbonyl (C=O) groups excluding carboxylic acids is 1. The van der Waals surface area contributed by atoms with Crippen molar-refractivity contribution < 1.29 is 19.0 Å². The Hall–Kier alpha value is -0.950. The molecule has 0 heterocycles. The first kappa shape index (κ1) is 16.1. The number of methoxy groups -OCH3 is 2. The number of nitrogens with one attached hydrogen (secondary N) is 2. The van der Waals surface area contributed by atoms with Crippen molar-refractivity contribution in [3.05, 3.63) is 12.2 Å². The fraction of sp³-hybridized carbons (Fsp3) is 0.727. The number of esters is 1. The van der Waals surface area contributed by atoms with E-state index in [-0.39, 0.29) is 6.10 Å². The Bertz CT molecular complexity index is 224. The quantitative estimate of drug-likeness (QED) is 0.242. The van der Waals surface area contributed by atoms with Crippen LogP contribution in [0.15, 0.2) is 12.2 Å². The minimum atomic E-state index is -0.395. The number of ether oxygens (including phenoxy) is 3. The van der Waals surface area contributed by atoms with E-state index in [0.29, 0.717) is 32.1 Å². The van der Waals surface area contributed by atoms with E-state index in [4.69, 9.17) is 14.2 Å². The lowest BCUT2D eigenvalue weighted by Crippen LogP contribution is -2.40. The molecule has 0 spiro atoms.